The number of sulfonamides is 1. The molecule has 0 atom stereocenters. The Bertz CT molecular complexity index is 1440. The first kappa shape index (κ1) is 22.4. The lowest BCUT2D eigenvalue weighted by molar-refractivity contribution is 0.0393. The number of amides is 1. The number of nitrogens with zero attached hydrogens (tertiary/aromatic N) is 1. The van der Waals surface area contributed by atoms with Crippen molar-refractivity contribution in [2.75, 3.05) is 24.4 Å². The number of anilines is 1. The largest absolute Gasteiger partial charge is 0.505 e. The van der Waals surface area contributed by atoms with Gasteiger partial charge in [0.15, 0.2) is 5.75 Å². The maximum atomic E-state index is 14.8. The van der Waals surface area contributed by atoms with Gasteiger partial charge in [-0.2, -0.15) is 0 Å². The number of rotatable bonds is 0. The van der Waals surface area contributed by atoms with E-state index in [1.54, 1.807) is 24.3 Å². The van der Waals surface area contributed by atoms with E-state index in [1.165, 1.54) is 4.90 Å². The molecule has 0 saturated carbocycles. The Balaban J connectivity index is 1.70. The molecule has 0 aliphatic carbocycles. The summed E-state index contributed by atoms with van der Waals surface area (Å²) >= 11 is 6.00. The highest BCUT2D eigenvalue weighted by molar-refractivity contribution is 7.92. The maximum absolute atomic E-state index is 14.8. The summed E-state index contributed by atoms with van der Waals surface area (Å²) in [6.45, 7) is 0.967. The quantitative estimate of drug-likeness (QED) is 0.475. The van der Waals surface area contributed by atoms with E-state index >= 15 is 0 Å². The first-order chi connectivity index (χ1) is 16.1. The van der Waals surface area contributed by atoms with Crippen molar-refractivity contribution in [2.45, 2.75) is 4.90 Å². The molecule has 6 bridgehead atoms. The monoisotopic (exact) mass is 506 g/mol. The Labute approximate surface area is 198 Å². The molecule has 1 amide bonds. The van der Waals surface area contributed by atoms with Crippen molar-refractivity contribution in [2.24, 2.45) is 5.92 Å². The topological polar surface area (TPSA) is 95.9 Å². The van der Waals surface area contributed by atoms with Gasteiger partial charge in [0, 0.05) is 41.8 Å². The molecule has 2 N–H and O–H groups in total. The zero-order chi connectivity index (χ0) is 24.2. The molecule has 1 fully saturated rings. The zero-order valence-electron chi connectivity index (χ0n) is 17.4. The predicted octanol–water partition coefficient (Wildman–Crippen LogP) is 4.26. The summed E-state index contributed by atoms with van der Waals surface area (Å²) in [5, 5.41) is 9.96. The number of carbonyl (C=O) groups excluding carboxylic acids is 1. The fraction of sp³-hybridized carbons (Fsp3) is 0.174. The van der Waals surface area contributed by atoms with Gasteiger partial charge >= 0.3 is 0 Å². The van der Waals surface area contributed by atoms with Crippen LogP contribution in [0.5, 0.6) is 11.5 Å². The number of hydrogen-bond acceptors (Lipinski definition) is 5. The fourth-order valence-corrected chi connectivity index (χ4v) is 5.46. The number of fused-ring (bicyclic) bond motifs is 2. The number of halogens is 3. The van der Waals surface area contributed by atoms with Crippen LogP contribution in [-0.4, -0.2) is 44.0 Å². The van der Waals surface area contributed by atoms with Gasteiger partial charge in [-0.1, -0.05) is 29.8 Å². The molecule has 0 aromatic heterocycles. The van der Waals surface area contributed by atoms with E-state index in [9.17, 15) is 27.1 Å². The molecule has 7 nitrogen and oxygen atoms in total. The molecule has 3 aliphatic heterocycles. The lowest BCUT2D eigenvalue weighted by atomic mass is 9.99. The molecule has 6 rings (SSSR count). The van der Waals surface area contributed by atoms with Crippen LogP contribution in [0.15, 0.2) is 53.4 Å². The summed E-state index contributed by atoms with van der Waals surface area (Å²) in [6, 6.07) is 10.2. The van der Waals surface area contributed by atoms with Crippen molar-refractivity contribution >= 4 is 33.2 Å². The second-order valence-corrected chi connectivity index (χ2v) is 10.2. The normalized spacial score (nSPS) is 17.3. The highest BCUT2D eigenvalue weighted by Gasteiger charge is 2.34. The minimum Gasteiger partial charge on any atom is -0.505 e. The molecular formula is C23H17ClF2N2O5S. The molecule has 3 aromatic carbocycles. The number of hydrogen-bond donors (Lipinski definition) is 2. The van der Waals surface area contributed by atoms with E-state index in [4.69, 9.17) is 16.3 Å². The average Bonchev–Trinajstić information content (AvgIpc) is 2.75. The van der Waals surface area contributed by atoms with Gasteiger partial charge in [0.2, 0.25) is 0 Å². The summed E-state index contributed by atoms with van der Waals surface area (Å²) in [5.74, 6) is -3.03. The summed E-state index contributed by atoms with van der Waals surface area (Å²) in [4.78, 5) is 13.7. The number of aromatic hydroxyl groups is 1. The highest BCUT2D eigenvalue weighted by Crippen LogP contribution is 2.38. The Hall–Kier alpha value is -3.37. The van der Waals surface area contributed by atoms with Crippen molar-refractivity contribution < 1.29 is 31.8 Å². The standard InChI is InChI=1S/C23H17ClF2N2O5S/c24-16-5-13-6-21(22(16)29)34(31,32)27-19-7-15(17(25)8-18(19)26)14-3-1-2-4-20(14)33-11-12-9-28(10-12)23(13)30/h1-8,12,27,29H,9-11H2. The van der Waals surface area contributed by atoms with Gasteiger partial charge in [0.1, 0.15) is 22.3 Å². The highest BCUT2D eigenvalue weighted by atomic mass is 35.5. The van der Waals surface area contributed by atoms with E-state index in [0.29, 0.717) is 30.5 Å². The van der Waals surface area contributed by atoms with Gasteiger partial charge < -0.3 is 14.7 Å². The lowest BCUT2D eigenvalue weighted by Crippen LogP contribution is -2.52. The Morgan fingerprint density at radius 1 is 1.06 bits per heavy atom. The van der Waals surface area contributed by atoms with E-state index in [-0.39, 0.29) is 28.7 Å². The Morgan fingerprint density at radius 3 is 2.56 bits per heavy atom. The third kappa shape index (κ3) is 3.82. The van der Waals surface area contributed by atoms with Crippen LogP contribution in [-0.2, 0) is 10.0 Å². The SMILES string of the molecule is O=C1c2cc(Cl)c(O)c(c2)S(=O)(=O)Nc2cc(c(F)cc2F)-c2ccccc2OCC2CN1C2. The summed E-state index contributed by atoms with van der Waals surface area (Å²) < 4.78 is 63.4. The third-order valence-electron chi connectivity index (χ3n) is 5.76. The molecule has 11 heteroatoms. The van der Waals surface area contributed by atoms with Gasteiger partial charge in [-0.25, -0.2) is 17.2 Å². The molecule has 176 valence electrons. The third-order valence-corrected chi connectivity index (χ3v) is 7.43. The van der Waals surface area contributed by atoms with Crippen molar-refractivity contribution in [3.8, 4) is 22.6 Å². The van der Waals surface area contributed by atoms with E-state index < -0.39 is 43.9 Å². The number of para-hydroxylation sites is 1. The number of carbonyl (C=O) groups is 1. The molecular weight excluding hydrogens is 490 g/mol. The average molecular weight is 507 g/mol. The van der Waals surface area contributed by atoms with Crippen LogP contribution in [0.4, 0.5) is 14.5 Å². The summed E-state index contributed by atoms with van der Waals surface area (Å²) in [5.41, 5.74) is -0.395. The summed E-state index contributed by atoms with van der Waals surface area (Å²) in [6.07, 6.45) is 0. The van der Waals surface area contributed by atoms with Crippen molar-refractivity contribution in [3.05, 3.63) is 70.8 Å². The van der Waals surface area contributed by atoms with Crippen molar-refractivity contribution in [3.63, 3.8) is 0 Å². The minimum absolute atomic E-state index is 0.00371. The van der Waals surface area contributed by atoms with Gasteiger partial charge in [-0.15, -0.1) is 0 Å². The molecule has 0 spiro atoms. The molecule has 0 radical (unpaired) electrons. The molecule has 1 saturated heterocycles. The first-order valence-corrected chi connectivity index (χ1v) is 12.1. The number of benzene rings is 3. The van der Waals surface area contributed by atoms with Crippen LogP contribution < -0.4 is 9.46 Å². The van der Waals surface area contributed by atoms with Crippen LogP contribution in [0, 0.1) is 17.6 Å². The maximum Gasteiger partial charge on any atom is 0.265 e. The Morgan fingerprint density at radius 2 is 1.79 bits per heavy atom. The van der Waals surface area contributed by atoms with Gasteiger partial charge in [-0.05, 0) is 24.3 Å². The van der Waals surface area contributed by atoms with E-state index in [1.807, 2.05) is 4.72 Å². The molecule has 0 unspecified atom stereocenters. The molecule has 3 aromatic rings. The van der Waals surface area contributed by atoms with Gasteiger partial charge in [0.25, 0.3) is 15.9 Å². The smallest absolute Gasteiger partial charge is 0.265 e. The number of phenols is 1. The van der Waals surface area contributed by atoms with Crippen molar-refractivity contribution in [1.82, 2.24) is 4.90 Å². The molecule has 3 heterocycles. The number of nitrogens with one attached hydrogen (secondary N) is 1. The van der Waals surface area contributed by atoms with Crippen LogP contribution in [0.1, 0.15) is 10.4 Å². The van der Waals surface area contributed by atoms with Crippen LogP contribution in [0.2, 0.25) is 5.02 Å². The van der Waals surface area contributed by atoms with Crippen LogP contribution in [0.25, 0.3) is 11.1 Å². The minimum atomic E-state index is -4.63. The van der Waals surface area contributed by atoms with E-state index in [0.717, 1.165) is 18.2 Å². The number of ether oxygens (including phenoxy) is 1. The Kier molecular flexibility index (Phi) is 5.37. The first-order valence-electron chi connectivity index (χ1n) is 10.2. The second-order valence-electron chi connectivity index (χ2n) is 8.11. The van der Waals surface area contributed by atoms with Crippen LogP contribution in [0.3, 0.4) is 0 Å². The van der Waals surface area contributed by atoms with Gasteiger partial charge in [0.05, 0.1) is 17.3 Å². The van der Waals surface area contributed by atoms with Crippen molar-refractivity contribution in [1.29, 1.82) is 0 Å². The second kappa shape index (κ2) is 8.14. The molecule has 3 aliphatic rings. The fourth-order valence-electron chi connectivity index (χ4n) is 3.98. The summed E-state index contributed by atoms with van der Waals surface area (Å²) in [7, 11) is -4.63. The predicted molar refractivity (Wildman–Crippen MR) is 121 cm³/mol. The number of phenolic OH excluding ortho intramolecular Hbond substituents is 1. The van der Waals surface area contributed by atoms with Crippen LogP contribution >= 0.6 is 11.6 Å². The van der Waals surface area contributed by atoms with Gasteiger partial charge in [-0.3, -0.25) is 9.52 Å². The van der Waals surface area contributed by atoms with E-state index in [2.05, 4.69) is 0 Å². The zero-order valence-corrected chi connectivity index (χ0v) is 19.0. The lowest BCUT2D eigenvalue weighted by Gasteiger charge is -2.39. The molecule has 34 heavy (non-hydrogen) atoms.